The Morgan fingerprint density at radius 1 is 1.16 bits per heavy atom. The number of carbonyl (C=O) groups excluding carboxylic acids is 1. The van der Waals surface area contributed by atoms with E-state index < -0.39 is 4.92 Å². The van der Waals surface area contributed by atoms with Crippen LogP contribution in [0.15, 0.2) is 42.5 Å². The van der Waals surface area contributed by atoms with Gasteiger partial charge in [-0.15, -0.1) is 0 Å². The van der Waals surface area contributed by atoms with Gasteiger partial charge in [-0.2, -0.15) is 0 Å². The van der Waals surface area contributed by atoms with E-state index in [9.17, 15) is 14.9 Å². The molecule has 0 amide bonds. The molecule has 0 spiro atoms. The molecule has 5 heteroatoms. The lowest BCUT2D eigenvalue weighted by Crippen LogP contribution is -2.02. The SMILES string of the molecule is Cc1ccc(C(=O)c2ccc([N+](=O)[O-])cc2Cl)cc1. The van der Waals surface area contributed by atoms with E-state index in [0.29, 0.717) is 5.56 Å². The van der Waals surface area contributed by atoms with Gasteiger partial charge in [0.15, 0.2) is 5.78 Å². The van der Waals surface area contributed by atoms with E-state index in [0.717, 1.165) is 5.56 Å². The Morgan fingerprint density at radius 2 is 1.79 bits per heavy atom. The molecule has 0 bridgehead atoms. The van der Waals surface area contributed by atoms with Crippen LogP contribution in [0.2, 0.25) is 5.02 Å². The van der Waals surface area contributed by atoms with E-state index in [2.05, 4.69) is 0 Å². The molecule has 0 radical (unpaired) electrons. The van der Waals surface area contributed by atoms with Crippen molar-refractivity contribution in [2.45, 2.75) is 6.92 Å². The van der Waals surface area contributed by atoms with Crippen LogP contribution >= 0.6 is 11.6 Å². The second kappa shape index (κ2) is 5.20. The fraction of sp³-hybridized carbons (Fsp3) is 0.0714. The first-order valence-corrected chi connectivity index (χ1v) is 5.92. The van der Waals surface area contributed by atoms with Crippen LogP contribution in [-0.2, 0) is 0 Å². The van der Waals surface area contributed by atoms with Crippen LogP contribution in [0.5, 0.6) is 0 Å². The summed E-state index contributed by atoms with van der Waals surface area (Å²) in [6.07, 6.45) is 0. The molecular formula is C14H10ClNO3. The standard InChI is InChI=1S/C14H10ClNO3/c1-9-2-4-10(5-3-9)14(17)12-7-6-11(16(18)19)8-13(12)15/h2-8H,1H3. The molecule has 0 saturated heterocycles. The fourth-order valence-electron chi connectivity index (χ4n) is 1.66. The van der Waals surface area contributed by atoms with Gasteiger partial charge >= 0.3 is 0 Å². The number of aryl methyl sites for hydroxylation is 1. The summed E-state index contributed by atoms with van der Waals surface area (Å²) in [6.45, 7) is 1.92. The van der Waals surface area contributed by atoms with Crippen molar-refractivity contribution in [3.63, 3.8) is 0 Å². The molecule has 0 atom stereocenters. The highest BCUT2D eigenvalue weighted by atomic mass is 35.5. The average Bonchev–Trinajstić information content (AvgIpc) is 2.38. The van der Waals surface area contributed by atoms with Crippen molar-refractivity contribution in [2.75, 3.05) is 0 Å². The van der Waals surface area contributed by atoms with Crippen LogP contribution in [0.4, 0.5) is 5.69 Å². The number of hydrogen-bond acceptors (Lipinski definition) is 3. The molecule has 0 aliphatic heterocycles. The van der Waals surface area contributed by atoms with Crippen LogP contribution in [0, 0.1) is 17.0 Å². The number of non-ortho nitro benzene ring substituents is 1. The molecule has 0 unspecified atom stereocenters. The van der Waals surface area contributed by atoms with Gasteiger partial charge < -0.3 is 0 Å². The van der Waals surface area contributed by atoms with E-state index in [4.69, 9.17) is 11.6 Å². The Labute approximate surface area is 114 Å². The number of rotatable bonds is 3. The molecule has 0 aliphatic rings. The third kappa shape index (κ3) is 2.80. The van der Waals surface area contributed by atoms with Crippen molar-refractivity contribution in [1.29, 1.82) is 0 Å². The van der Waals surface area contributed by atoms with E-state index >= 15 is 0 Å². The summed E-state index contributed by atoms with van der Waals surface area (Å²) in [5.41, 5.74) is 1.68. The smallest absolute Gasteiger partial charge is 0.270 e. The summed E-state index contributed by atoms with van der Waals surface area (Å²) < 4.78 is 0. The van der Waals surface area contributed by atoms with Gasteiger partial charge in [-0.05, 0) is 13.0 Å². The number of hydrogen-bond donors (Lipinski definition) is 0. The van der Waals surface area contributed by atoms with Crippen molar-refractivity contribution in [1.82, 2.24) is 0 Å². The predicted octanol–water partition coefficient (Wildman–Crippen LogP) is 3.79. The van der Waals surface area contributed by atoms with Gasteiger partial charge in [0, 0.05) is 23.3 Å². The Morgan fingerprint density at radius 3 is 2.32 bits per heavy atom. The van der Waals surface area contributed by atoms with Gasteiger partial charge in [-0.25, -0.2) is 0 Å². The lowest BCUT2D eigenvalue weighted by Gasteiger charge is -2.04. The molecule has 0 heterocycles. The largest absolute Gasteiger partial charge is 0.289 e. The lowest BCUT2D eigenvalue weighted by molar-refractivity contribution is -0.384. The second-order valence-electron chi connectivity index (χ2n) is 4.12. The zero-order valence-electron chi connectivity index (χ0n) is 10.1. The zero-order valence-corrected chi connectivity index (χ0v) is 10.8. The predicted molar refractivity (Wildman–Crippen MR) is 72.7 cm³/mol. The molecule has 0 N–H and O–H groups in total. The van der Waals surface area contributed by atoms with Crippen molar-refractivity contribution in [3.8, 4) is 0 Å². The first-order valence-electron chi connectivity index (χ1n) is 5.54. The van der Waals surface area contributed by atoms with Crippen molar-refractivity contribution in [3.05, 3.63) is 74.3 Å². The quantitative estimate of drug-likeness (QED) is 0.486. The Balaban J connectivity index is 2.39. The Hall–Kier alpha value is -2.20. The average molecular weight is 276 g/mol. The highest BCUT2D eigenvalue weighted by Gasteiger charge is 2.16. The number of nitro benzene ring substituents is 1. The number of nitrogens with zero attached hydrogens (tertiary/aromatic N) is 1. The first kappa shape index (κ1) is 13.2. The summed E-state index contributed by atoms with van der Waals surface area (Å²) in [5, 5.41) is 10.7. The molecule has 0 saturated carbocycles. The summed E-state index contributed by atoms with van der Waals surface area (Å²) in [7, 11) is 0. The summed E-state index contributed by atoms with van der Waals surface area (Å²) >= 11 is 5.92. The van der Waals surface area contributed by atoms with Crippen molar-refractivity contribution >= 4 is 23.1 Å². The maximum absolute atomic E-state index is 12.2. The maximum atomic E-state index is 12.2. The summed E-state index contributed by atoms with van der Waals surface area (Å²) in [6, 6.07) is 10.9. The monoisotopic (exact) mass is 275 g/mol. The van der Waals surface area contributed by atoms with Gasteiger partial charge in [0.25, 0.3) is 5.69 Å². The van der Waals surface area contributed by atoms with Gasteiger partial charge in [-0.1, -0.05) is 41.4 Å². The molecule has 4 nitrogen and oxygen atoms in total. The van der Waals surface area contributed by atoms with Gasteiger partial charge in [0.2, 0.25) is 0 Å². The van der Waals surface area contributed by atoms with Crippen LogP contribution in [0.25, 0.3) is 0 Å². The zero-order chi connectivity index (χ0) is 14.0. The Bertz CT molecular complexity index is 650. The minimum absolute atomic E-state index is 0.0831. The van der Waals surface area contributed by atoms with Crippen LogP contribution < -0.4 is 0 Å². The van der Waals surface area contributed by atoms with E-state index in [1.807, 2.05) is 19.1 Å². The molecule has 0 aliphatic carbocycles. The number of benzene rings is 2. The molecule has 0 fully saturated rings. The van der Waals surface area contributed by atoms with Crippen LogP contribution in [-0.4, -0.2) is 10.7 Å². The molecule has 2 aromatic carbocycles. The van der Waals surface area contributed by atoms with Gasteiger partial charge in [0.1, 0.15) is 0 Å². The molecule has 19 heavy (non-hydrogen) atoms. The molecule has 0 aromatic heterocycles. The first-order chi connectivity index (χ1) is 8.99. The van der Waals surface area contributed by atoms with E-state index in [1.165, 1.54) is 18.2 Å². The third-order valence-corrected chi connectivity index (χ3v) is 3.03. The molecule has 2 rings (SSSR count). The van der Waals surface area contributed by atoms with Crippen molar-refractivity contribution < 1.29 is 9.72 Å². The van der Waals surface area contributed by atoms with Crippen molar-refractivity contribution in [2.24, 2.45) is 0 Å². The number of nitro groups is 1. The molecule has 96 valence electrons. The topological polar surface area (TPSA) is 60.2 Å². The summed E-state index contributed by atoms with van der Waals surface area (Å²) in [5.74, 6) is -0.250. The highest BCUT2D eigenvalue weighted by molar-refractivity contribution is 6.35. The maximum Gasteiger partial charge on any atom is 0.270 e. The molecular weight excluding hydrogens is 266 g/mol. The van der Waals surface area contributed by atoms with Crippen LogP contribution in [0.3, 0.4) is 0 Å². The van der Waals surface area contributed by atoms with Crippen LogP contribution in [0.1, 0.15) is 21.5 Å². The van der Waals surface area contributed by atoms with Gasteiger partial charge in [-0.3, -0.25) is 14.9 Å². The van der Waals surface area contributed by atoms with Gasteiger partial charge in [0.05, 0.1) is 9.95 Å². The minimum Gasteiger partial charge on any atom is -0.289 e. The number of carbonyl (C=O) groups is 1. The fourth-order valence-corrected chi connectivity index (χ4v) is 1.92. The third-order valence-electron chi connectivity index (χ3n) is 2.72. The van der Waals surface area contributed by atoms with E-state index in [-0.39, 0.29) is 22.1 Å². The Kier molecular flexibility index (Phi) is 3.62. The second-order valence-corrected chi connectivity index (χ2v) is 4.52. The highest BCUT2D eigenvalue weighted by Crippen LogP contribution is 2.24. The normalized spacial score (nSPS) is 10.2. The summed E-state index contributed by atoms with van der Waals surface area (Å²) in [4.78, 5) is 22.3. The number of halogens is 1. The lowest BCUT2D eigenvalue weighted by atomic mass is 10.0. The molecule has 2 aromatic rings. The minimum atomic E-state index is -0.550. The number of ketones is 1. The van der Waals surface area contributed by atoms with E-state index in [1.54, 1.807) is 12.1 Å².